The lowest BCUT2D eigenvalue weighted by molar-refractivity contribution is -0.131. The lowest BCUT2D eigenvalue weighted by Gasteiger charge is -2.24. The number of rotatable bonds is 3. The summed E-state index contributed by atoms with van der Waals surface area (Å²) in [5, 5.41) is 19.2. The van der Waals surface area contributed by atoms with E-state index in [1.54, 1.807) is 35.2 Å². The molecule has 0 radical (unpaired) electrons. The fourth-order valence-electron chi connectivity index (χ4n) is 4.50. The van der Waals surface area contributed by atoms with Crippen molar-refractivity contribution < 1.29 is 19.4 Å². The fraction of sp³-hybridized carbons (Fsp3) is 0.0800. The average molecular weight is 442 g/mol. The highest BCUT2D eigenvalue weighted by Crippen LogP contribution is 2.50. The van der Waals surface area contributed by atoms with Crippen molar-refractivity contribution in [3.8, 4) is 11.5 Å². The van der Waals surface area contributed by atoms with Crippen LogP contribution in [0.1, 0.15) is 11.1 Å². The van der Waals surface area contributed by atoms with E-state index in [4.69, 9.17) is 14.6 Å². The van der Waals surface area contributed by atoms with Crippen LogP contribution in [0.3, 0.4) is 0 Å². The zero-order valence-electron chi connectivity index (χ0n) is 16.8. The third-order valence-electron chi connectivity index (χ3n) is 6.05. The summed E-state index contributed by atoms with van der Waals surface area (Å²) in [5.41, 5.74) is 0.530. The van der Waals surface area contributed by atoms with Crippen LogP contribution >= 0.6 is 11.9 Å². The Morgan fingerprint density at radius 2 is 1.62 bits per heavy atom. The number of anilines is 2. The third-order valence-corrected chi connectivity index (χ3v) is 6.59. The molecule has 7 heteroatoms. The van der Waals surface area contributed by atoms with Gasteiger partial charge >= 0.3 is 0 Å². The number of hydrogen-bond donors (Lipinski definition) is 2. The first kappa shape index (κ1) is 19.2. The van der Waals surface area contributed by atoms with Crippen LogP contribution in [0.25, 0.3) is 10.8 Å². The standard InChI is InChI=1S/C25H18N2O4S/c26-32-17-10-8-16(9-11-17)25(29)19-5-1-2-6-21(19)27(24(25)28)20-7-3-4-15-12-22-23(13-18(15)20)31-14-30-22/h1-13,29H,14,26H2. The summed E-state index contributed by atoms with van der Waals surface area (Å²) < 4.78 is 11.1. The van der Waals surface area contributed by atoms with Crippen LogP contribution in [-0.4, -0.2) is 17.8 Å². The van der Waals surface area contributed by atoms with Crippen LogP contribution in [0, 0.1) is 0 Å². The monoisotopic (exact) mass is 442 g/mol. The Kier molecular flexibility index (Phi) is 4.19. The number of ether oxygens (including phenoxy) is 2. The van der Waals surface area contributed by atoms with Gasteiger partial charge in [0.25, 0.3) is 5.91 Å². The molecule has 32 heavy (non-hydrogen) atoms. The van der Waals surface area contributed by atoms with Crippen molar-refractivity contribution in [1.82, 2.24) is 0 Å². The molecule has 2 heterocycles. The second-order valence-corrected chi connectivity index (χ2v) is 8.42. The number of benzene rings is 4. The highest BCUT2D eigenvalue weighted by Gasteiger charge is 2.51. The minimum Gasteiger partial charge on any atom is -0.454 e. The van der Waals surface area contributed by atoms with Gasteiger partial charge in [0.15, 0.2) is 17.1 Å². The Bertz CT molecular complexity index is 1390. The zero-order valence-corrected chi connectivity index (χ0v) is 17.6. The molecule has 4 aromatic carbocycles. The highest BCUT2D eigenvalue weighted by atomic mass is 32.2. The van der Waals surface area contributed by atoms with Crippen LogP contribution in [0.4, 0.5) is 11.4 Å². The number of aliphatic hydroxyl groups is 1. The maximum absolute atomic E-state index is 13.9. The predicted octanol–water partition coefficient (Wildman–Crippen LogP) is 4.45. The molecule has 1 unspecified atom stereocenters. The zero-order chi connectivity index (χ0) is 21.9. The van der Waals surface area contributed by atoms with Gasteiger partial charge in [-0.05, 0) is 59.3 Å². The fourth-order valence-corrected chi connectivity index (χ4v) is 4.79. The molecule has 2 aliphatic heterocycles. The van der Waals surface area contributed by atoms with Crippen molar-refractivity contribution in [1.29, 1.82) is 0 Å². The van der Waals surface area contributed by atoms with Crippen LogP contribution in [0.5, 0.6) is 11.5 Å². The normalized spacial score (nSPS) is 18.9. The van der Waals surface area contributed by atoms with Crippen LogP contribution in [0.2, 0.25) is 0 Å². The number of carbonyl (C=O) groups excluding carboxylic acids is 1. The number of nitrogens with zero attached hydrogens (tertiary/aromatic N) is 1. The molecule has 0 fully saturated rings. The highest BCUT2D eigenvalue weighted by molar-refractivity contribution is 7.97. The molecule has 0 saturated heterocycles. The number of carbonyl (C=O) groups is 1. The SMILES string of the molecule is NSc1ccc(C2(O)C(=O)N(c3cccc4cc5c(cc34)OCO5)c3ccccc32)cc1. The number of amides is 1. The average Bonchev–Trinajstić information content (AvgIpc) is 3.38. The largest absolute Gasteiger partial charge is 0.454 e. The summed E-state index contributed by atoms with van der Waals surface area (Å²) in [5.74, 6) is 0.879. The van der Waals surface area contributed by atoms with Crippen LogP contribution in [-0.2, 0) is 10.4 Å². The molecule has 6 nitrogen and oxygen atoms in total. The Hall–Kier alpha value is -3.52. The summed E-state index contributed by atoms with van der Waals surface area (Å²) in [6, 6.07) is 23.9. The number of hydrogen-bond acceptors (Lipinski definition) is 6. The lowest BCUT2D eigenvalue weighted by Crippen LogP contribution is -2.39. The van der Waals surface area contributed by atoms with E-state index in [1.165, 1.54) is 0 Å². The van der Waals surface area contributed by atoms with Crippen LogP contribution in [0.15, 0.2) is 83.8 Å². The molecule has 3 N–H and O–H groups in total. The van der Waals surface area contributed by atoms with Gasteiger partial charge in [-0.1, -0.05) is 42.5 Å². The first-order valence-electron chi connectivity index (χ1n) is 10.1. The minimum atomic E-state index is -1.81. The molecule has 6 rings (SSSR count). The van der Waals surface area contributed by atoms with Gasteiger partial charge in [0.05, 0.1) is 11.4 Å². The van der Waals surface area contributed by atoms with E-state index in [-0.39, 0.29) is 6.79 Å². The van der Waals surface area contributed by atoms with E-state index in [0.717, 1.165) is 27.6 Å². The van der Waals surface area contributed by atoms with Crippen LogP contribution < -0.4 is 19.5 Å². The van der Waals surface area contributed by atoms with Crippen molar-refractivity contribution in [2.24, 2.45) is 5.14 Å². The molecule has 1 atom stereocenters. The third kappa shape index (κ3) is 2.59. The molecule has 0 aromatic heterocycles. The summed E-state index contributed by atoms with van der Waals surface area (Å²) >= 11 is 1.11. The molecule has 158 valence electrons. The van der Waals surface area contributed by atoms with Gasteiger partial charge in [0.1, 0.15) is 0 Å². The second kappa shape index (κ2) is 7.00. The van der Waals surface area contributed by atoms with Crippen molar-refractivity contribution in [2.75, 3.05) is 11.7 Å². The summed E-state index contributed by atoms with van der Waals surface area (Å²) in [6.45, 7) is 0.170. The van der Waals surface area contributed by atoms with E-state index in [0.29, 0.717) is 34.0 Å². The van der Waals surface area contributed by atoms with Crippen molar-refractivity contribution in [3.05, 3.63) is 90.0 Å². The Morgan fingerprint density at radius 3 is 2.41 bits per heavy atom. The Balaban J connectivity index is 1.56. The molecule has 1 amide bonds. The Morgan fingerprint density at radius 1 is 0.906 bits per heavy atom. The maximum atomic E-state index is 13.9. The maximum Gasteiger partial charge on any atom is 0.273 e. The second-order valence-electron chi connectivity index (χ2n) is 7.71. The van der Waals surface area contributed by atoms with Crippen molar-refractivity contribution in [3.63, 3.8) is 0 Å². The molecule has 0 aliphatic carbocycles. The Labute approximate surface area is 188 Å². The van der Waals surface area contributed by atoms with E-state index in [1.807, 2.05) is 48.5 Å². The van der Waals surface area contributed by atoms with Gasteiger partial charge in [-0.2, -0.15) is 0 Å². The lowest BCUT2D eigenvalue weighted by atomic mass is 9.87. The van der Waals surface area contributed by atoms with Gasteiger partial charge in [-0.25, -0.2) is 0 Å². The molecular formula is C25H18N2O4S. The van der Waals surface area contributed by atoms with Gasteiger partial charge in [0.2, 0.25) is 6.79 Å². The quantitative estimate of drug-likeness (QED) is 0.456. The predicted molar refractivity (Wildman–Crippen MR) is 123 cm³/mol. The van der Waals surface area contributed by atoms with E-state index >= 15 is 0 Å². The summed E-state index contributed by atoms with van der Waals surface area (Å²) in [7, 11) is 0. The first-order valence-corrected chi connectivity index (χ1v) is 11.0. The van der Waals surface area contributed by atoms with Gasteiger partial charge < -0.3 is 14.6 Å². The summed E-state index contributed by atoms with van der Waals surface area (Å²) in [4.78, 5) is 16.3. The van der Waals surface area contributed by atoms with Crippen molar-refractivity contribution >= 4 is 40.0 Å². The molecule has 0 saturated carbocycles. The van der Waals surface area contributed by atoms with Gasteiger partial charge in [0, 0.05) is 15.8 Å². The number of para-hydroxylation sites is 1. The first-order chi connectivity index (χ1) is 15.6. The van der Waals surface area contributed by atoms with Crippen molar-refractivity contribution in [2.45, 2.75) is 10.5 Å². The topological polar surface area (TPSA) is 85.0 Å². The smallest absolute Gasteiger partial charge is 0.273 e. The number of nitrogens with two attached hydrogens (primary N) is 1. The van der Waals surface area contributed by atoms with Gasteiger partial charge in [-0.15, -0.1) is 0 Å². The number of fused-ring (bicyclic) bond motifs is 3. The molecule has 4 aromatic rings. The molecular weight excluding hydrogens is 424 g/mol. The molecule has 2 aliphatic rings. The molecule has 0 spiro atoms. The molecule has 0 bridgehead atoms. The minimum absolute atomic E-state index is 0.170. The van der Waals surface area contributed by atoms with E-state index in [9.17, 15) is 9.90 Å². The van der Waals surface area contributed by atoms with E-state index < -0.39 is 11.5 Å². The van der Waals surface area contributed by atoms with E-state index in [2.05, 4.69) is 0 Å². The summed E-state index contributed by atoms with van der Waals surface area (Å²) in [6.07, 6.45) is 0. The van der Waals surface area contributed by atoms with Gasteiger partial charge in [-0.3, -0.25) is 14.8 Å².